The maximum Gasteiger partial charge on any atom is 0.407 e. The highest BCUT2D eigenvalue weighted by Crippen LogP contribution is 2.23. The second kappa shape index (κ2) is 7.78. The topological polar surface area (TPSA) is 67.4 Å². The van der Waals surface area contributed by atoms with Crippen molar-refractivity contribution < 1.29 is 9.53 Å². The molecule has 1 aromatic rings. The van der Waals surface area contributed by atoms with Crippen molar-refractivity contribution in [2.75, 3.05) is 24.5 Å². The summed E-state index contributed by atoms with van der Waals surface area (Å²) in [5.74, 6) is 0. The molecule has 8 heteroatoms. The smallest absolute Gasteiger partial charge is 0.407 e. The van der Waals surface area contributed by atoms with Crippen LogP contribution in [0.3, 0.4) is 0 Å². The summed E-state index contributed by atoms with van der Waals surface area (Å²) in [5, 5.41) is 11.6. The van der Waals surface area contributed by atoms with Crippen molar-refractivity contribution in [3.05, 3.63) is 3.92 Å². The fourth-order valence-corrected chi connectivity index (χ4v) is 2.65. The molecule has 1 amide bonds. The Morgan fingerprint density at radius 3 is 2.60 bits per heavy atom. The van der Waals surface area contributed by atoms with Gasteiger partial charge in [-0.2, -0.15) is 0 Å². The molecule has 0 spiro atoms. The van der Waals surface area contributed by atoms with Gasteiger partial charge in [0.2, 0.25) is 5.13 Å². The van der Waals surface area contributed by atoms with Crippen LogP contribution in [-0.2, 0) is 4.74 Å². The molecule has 0 saturated carbocycles. The second-order valence-corrected chi connectivity index (χ2v) is 7.49. The van der Waals surface area contributed by atoms with Gasteiger partial charge in [-0.3, -0.25) is 0 Å². The van der Waals surface area contributed by atoms with Gasteiger partial charge in [0, 0.05) is 19.6 Å². The fraction of sp³-hybridized carbons (Fsp3) is 0.750. The third kappa shape index (κ3) is 6.51. The summed E-state index contributed by atoms with van der Waals surface area (Å²) >= 11 is 4.79. The SMILES string of the molecule is CCCN(CCNC(=O)OC(C)(C)C)c1nnc(Br)s1. The van der Waals surface area contributed by atoms with Crippen molar-refractivity contribution in [2.24, 2.45) is 0 Å². The lowest BCUT2D eigenvalue weighted by atomic mass is 10.2. The van der Waals surface area contributed by atoms with E-state index in [0.29, 0.717) is 13.1 Å². The van der Waals surface area contributed by atoms with E-state index in [1.807, 2.05) is 20.8 Å². The van der Waals surface area contributed by atoms with Gasteiger partial charge < -0.3 is 15.0 Å². The zero-order chi connectivity index (χ0) is 15.2. The first kappa shape index (κ1) is 17.2. The number of halogens is 1. The van der Waals surface area contributed by atoms with E-state index in [1.165, 1.54) is 11.3 Å². The van der Waals surface area contributed by atoms with Crippen LogP contribution in [0, 0.1) is 0 Å². The highest BCUT2D eigenvalue weighted by molar-refractivity contribution is 9.11. The first-order valence-corrected chi connectivity index (χ1v) is 8.13. The lowest BCUT2D eigenvalue weighted by Gasteiger charge is -2.22. The van der Waals surface area contributed by atoms with Crippen molar-refractivity contribution in [1.29, 1.82) is 0 Å². The molecular formula is C12H21BrN4O2S. The summed E-state index contributed by atoms with van der Waals surface area (Å²) in [6.07, 6.45) is 0.608. The van der Waals surface area contributed by atoms with E-state index >= 15 is 0 Å². The van der Waals surface area contributed by atoms with E-state index in [9.17, 15) is 4.79 Å². The first-order valence-electron chi connectivity index (χ1n) is 6.52. The molecule has 20 heavy (non-hydrogen) atoms. The number of hydrogen-bond acceptors (Lipinski definition) is 6. The molecule has 0 aliphatic heterocycles. The number of ether oxygens (including phenoxy) is 1. The number of rotatable bonds is 6. The molecule has 0 atom stereocenters. The number of aromatic nitrogens is 2. The molecule has 114 valence electrons. The minimum absolute atomic E-state index is 0.396. The van der Waals surface area contributed by atoms with E-state index in [-0.39, 0.29) is 0 Å². The molecule has 1 N–H and O–H groups in total. The third-order valence-corrected chi connectivity index (χ3v) is 3.62. The van der Waals surface area contributed by atoms with Gasteiger partial charge in [0.1, 0.15) is 5.60 Å². The van der Waals surface area contributed by atoms with Gasteiger partial charge in [0.25, 0.3) is 0 Å². The molecular weight excluding hydrogens is 344 g/mol. The molecule has 1 rings (SSSR count). The Morgan fingerprint density at radius 1 is 1.40 bits per heavy atom. The average molecular weight is 365 g/mol. The van der Waals surface area contributed by atoms with E-state index in [0.717, 1.165) is 22.0 Å². The number of alkyl carbamates (subject to hydrolysis) is 1. The molecule has 0 unspecified atom stereocenters. The Morgan fingerprint density at radius 2 is 2.10 bits per heavy atom. The highest BCUT2D eigenvalue weighted by atomic mass is 79.9. The number of hydrogen-bond donors (Lipinski definition) is 1. The van der Waals surface area contributed by atoms with Crippen molar-refractivity contribution in [2.45, 2.75) is 39.7 Å². The van der Waals surface area contributed by atoms with Crippen LogP contribution in [0.1, 0.15) is 34.1 Å². The van der Waals surface area contributed by atoms with Crippen molar-refractivity contribution in [3.8, 4) is 0 Å². The number of nitrogens with zero attached hydrogens (tertiary/aromatic N) is 3. The van der Waals surface area contributed by atoms with E-state index in [4.69, 9.17) is 4.74 Å². The number of carbonyl (C=O) groups is 1. The number of nitrogens with one attached hydrogen (secondary N) is 1. The van der Waals surface area contributed by atoms with Crippen LogP contribution in [0.5, 0.6) is 0 Å². The zero-order valence-electron chi connectivity index (χ0n) is 12.3. The first-order chi connectivity index (χ1) is 9.31. The molecule has 1 aromatic heterocycles. The Bertz CT molecular complexity index is 433. The van der Waals surface area contributed by atoms with Gasteiger partial charge >= 0.3 is 6.09 Å². The van der Waals surface area contributed by atoms with Gasteiger partial charge in [0.15, 0.2) is 3.92 Å². The van der Waals surface area contributed by atoms with Crippen LogP contribution >= 0.6 is 27.3 Å². The summed E-state index contributed by atoms with van der Waals surface area (Å²) in [5.41, 5.74) is -0.475. The van der Waals surface area contributed by atoms with Crippen LogP contribution < -0.4 is 10.2 Å². The fourth-order valence-electron chi connectivity index (χ4n) is 1.51. The maximum absolute atomic E-state index is 11.6. The predicted octanol–water partition coefficient (Wildman–Crippen LogP) is 3.04. The van der Waals surface area contributed by atoms with Crippen LogP contribution in [0.2, 0.25) is 0 Å². The van der Waals surface area contributed by atoms with Crippen molar-refractivity contribution >= 4 is 38.5 Å². The molecule has 0 aliphatic carbocycles. The predicted molar refractivity (Wildman–Crippen MR) is 84.3 cm³/mol. The number of amides is 1. The lowest BCUT2D eigenvalue weighted by molar-refractivity contribution is 0.0529. The van der Waals surface area contributed by atoms with Gasteiger partial charge in [-0.15, -0.1) is 10.2 Å². The molecule has 0 aliphatic rings. The minimum atomic E-state index is -0.475. The second-order valence-electron chi connectivity index (χ2n) is 5.25. The summed E-state index contributed by atoms with van der Waals surface area (Å²) in [7, 11) is 0. The van der Waals surface area contributed by atoms with Gasteiger partial charge in [-0.1, -0.05) is 18.3 Å². The van der Waals surface area contributed by atoms with Crippen LogP contribution in [0.15, 0.2) is 3.92 Å². The lowest BCUT2D eigenvalue weighted by Crippen LogP contribution is -2.38. The van der Waals surface area contributed by atoms with E-state index in [2.05, 4.69) is 43.3 Å². The van der Waals surface area contributed by atoms with Gasteiger partial charge in [-0.25, -0.2) is 4.79 Å². The Labute approximate surface area is 132 Å². The van der Waals surface area contributed by atoms with Gasteiger partial charge in [0.05, 0.1) is 0 Å². The summed E-state index contributed by atoms with van der Waals surface area (Å²) in [4.78, 5) is 13.7. The Balaban J connectivity index is 2.42. The minimum Gasteiger partial charge on any atom is -0.444 e. The summed E-state index contributed by atoms with van der Waals surface area (Å²) in [6, 6.07) is 0. The summed E-state index contributed by atoms with van der Waals surface area (Å²) < 4.78 is 5.95. The summed E-state index contributed by atoms with van der Waals surface area (Å²) in [6.45, 7) is 9.68. The van der Waals surface area contributed by atoms with Crippen molar-refractivity contribution in [1.82, 2.24) is 15.5 Å². The van der Waals surface area contributed by atoms with Crippen LogP contribution in [0.25, 0.3) is 0 Å². The number of anilines is 1. The molecule has 0 fully saturated rings. The third-order valence-electron chi connectivity index (χ3n) is 2.20. The molecule has 6 nitrogen and oxygen atoms in total. The maximum atomic E-state index is 11.6. The van der Waals surface area contributed by atoms with Crippen LogP contribution in [-0.4, -0.2) is 41.5 Å². The highest BCUT2D eigenvalue weighted by Gasteiger charge is 2.16. The zero-order valence-corrected chi connectivity index (χ0v) is 14.7. The molecule has 0 aromatic carbocycles. The standard InChI is InChI=1S/C12H21BrN4O2S/c1-5-7-17(10-16-15-9(13)20-10)8-6-14-11(18)19-12(2,3)4/h5-8H2,1-4H3,(H,14,18). The normalized spacial score (nSPS) is 11.2. The molecule has 0 radical (unpaired) electrons. The number of carbonyl (C=O) groups excluding carboxylic acids is 1. The molecule has 1 heterocycles. The molecule has 0 saturated heterocycles. The largest absolute Gasteiger partial charge is 0.444 e. The van der Waals surface area contributed by atoms with E-state index < -0.39 is 11.7 Å². The van der Waals surface area contributed by atoms with Gasteiger partial charge in [-0.05, 0) is 43.1 Å². The quantitative estimate of drug-likeness (QED) is 0.839. The van der Waals surface area contributed by atoms with Crippen LogP contribution in [0.4, 0.5) is 9.93 Å². The molecule has 0 bridgehead atoms. The average Bonchev–Trinajstić information content (AvgIpc) is 2.72. The monoisotopic (exact) mass is 364 g/mol. The van der Waals surface area contributed by atoms with Crippen molar-refractivity contribution in [3.63, 3.8) is 0 Å². The Hall–Kier alpha value is -0.890. The van der Waals surface area contributed by atoms with E-state index in [1.54, 1.807) is 0 Å². The Kier molecular flexibility index (Phi) is 6.67.